The van der Waals surface area contributed by atoms with Gasteiger partial charge in [0.25, 0.3) is 5.91 Å². The maximum absolute atomic E-state index is 12.1. The Bertz CT molecular complexity index is 733. The van der Waals surface area contributed by atoms with Crippen molar-refractivity contribution in [1.29, 1.82) is 0 Å². The van der Waals surface area contributed by atoms with Gasteiger partial charge in [-0.2, -0.15) is 0 Å². The highest BCUT2D eigenvalue weighted by Crippen LogP contribution is 2.23. The Morgan fingerprint density at radius 1 is 1.33 bits per heavy atom. The summed E-state index contributed by atoms with van der Waals surface area (Å²) < 4.78 is 11.4. The summed E-state index contributed by atoms with van der Waals surface area (Å²) in [5.74, 6) is -0.668. The Kier molecular flexibility index (Phi) is 6.20. The van der Waals surface area contributed by atoms with Crippen LogP contribution in [0, 0.1) is 0 Å². The third-order valence-corrected chi connectivity index (χ3v) is 4.38. The Labute approximate surface area is 156 Å². The fourth-order valence-corrected chi connectivity index (χ4v) is 2.86. The number of esters is 1. The largest absolute Gasteiger partial charge is 0.476 e. The Balaban J connectivity index is 1.85. The number of hydrogen-bond donors (Lipinski definition) is 1. The lowest BCUT2D eigenvalue weighted by molar-refractivity contribution is -0.161. The summed E-state index contributed by atoms with van der Waals surface area (Å²) in [4.78, 5) is 27.8. The molecule has 6 nitrogen and oxygen atoms in total. The van der Waals surface area contributed by atoms with E-state index in [-0.39, 0.29) is 0 Å². The number of nitrogens with zero attached hydrogens (tertiary/aromatic N) is 1. The first-order valence-electron chi connectivity index (χ1n) is 6.79. The zero-order chi connectivity index (χ0) is 17.7. The summed E-state index contributed by atoms with van der Waals surface area (Å²) in [6.45, 7) is 2.68. The molecule has 128 valence electrons. The Morgan fingerprint density at radius 2 is 2.00 bits per heavy atom. The molecule has 0 atom stereocenters. The molecule has 0 aliphatic carbocycles. The number of carbonyl (C=O) groups excluding carboxylic acids is 2. The van der Waals surface area contributed by atoms with E-state index >= 15 is 0 Å². The van der Waals surface area contributed by atoms with Crippen molar-refractivity contribution in [2.24, 2.45) is 0 Å². The predicted molar refractivity (Wildman–Crippen MR) is 95.6 cm³/mol. The van der Waals surface area contributed by atoms with Gasteiger partial charge in [0.05, 0.1) is 9.98 Å². The smallest absolute Gasteiger partial charge is 0.350 e. The zero-order valence-corrected chi connectivity index (χ0v) is 16.0. The second-order valence-electron chi connectivity index (χ2n) is 5.16. The van der Waals surface area contributed by atoms with E-state index in [9.17, 15) is 9.59 Å². The van der Waals surface area contributed by atoms with E-state index in [4.69, 9.17) is 21.1 Å². The van der Waals surface area contributed by atoms with Crippen LogP contribution in [-0.4, -0.2) is 29.1 Å². The molecule has 0 aliphatic heterocycles. The molecule has 0 aliphatic rings. The topological polar surface area (TPSA) is 77.5 Å². The molecule has 1 amide bonds. The van der Waals surface area contributed by atoms with E-state index in [1.54, 1.807) is 44.3 Å². The van der Waals surface area contributed by atoms with Gasteiger partial charge in [0.2, 0.25) is 0 Å². The SMILES string of the molecule is CC(C)(Oc1ccc(Cl)cc1)C(=O)OCC(=O)Nc1ncc(Br)s1. The molecule has 2 rings (SSSR count). The van der Waals surface area contributed by atoms with Crippen LogP contribution < -0.4 is 10.1 Å². The number of nitrogens with one attached hydrogen (secondary N) is 1. The van der Waals surface area contributed by atoms with E-state index in [0.717, 1.165) is 3.79 Å². The second kappa shape index (κ2) is 7.96. The summed E-state index contributed by atoms with van der Waals surface area (Å²) in [6, 6.07) is 6.59. The van der Waals surface area contributed by atoms with Crippen molar-refractivity contribution in [1.82, 2.24) is 4.98 Å². The van der Waals surface area contributed by atoms with Crippen LogP contribution in [-0.2, 0) is 14.3 Å². The summed E-state index contributed by atoms with van der Waals surface area (Å²) in [7, 11) is 0. The van der Waals surface area contributed by atoms with Crippen molar-refractivity contribution < 1.29 is 19.1 Å². The Morgan fingerprint density at radius 3 is 2.58 bits per heavy atom. The first-order valence-corrected chi connectivity index (χ1v) is 8.78. The van der Waals surface area contributed by atoms with Crippen molar-refractivity contribution in [3.8, 4) is 5.75 Å². The average molecular weight is 434 g/mol. The van der Waals surface area contributed by atoms with Crippen molar-refractivity contribution in [3.63, 3.8) is 0 Å². The average Bonchev–Trinajstić information content (AvgIpc) is 2.92. The van der Waals surface area contributed by atoms with E-state index in [2.05, 4.69) is 26.2 Å². The van der Waals surface area contributed by atoms with Gasteiger partial charge >= 0.3 is 5.97 Å². The molecule has 0 saturated carbocycles. The van der Waals surface area contributed by atoms with E-state index in [0.29, 0.717) is 15.9 Å². The normalized spacial score (nSPS) is 11.0. The molecule has 0 saturated heterocycles. The molecule has 1 N–H and O–H groups in total. The third kappa shape index (κ3) is 5.47. The molecule has 0 unspecified atom stereocenters. The molecule has 9 heteroatoms. The number of ether oxygens (including phenoxy) is 2. The summed E-state index contributed by atoms with van der Waals surface area (Å²) in [6.07, 6.45) is 1.56. The monoisotopic (exact) mass is 432 g/mol. The van der Waals surface area contributed by atoms with Crippen LogP contribution in [0.5, 0.6) is 5.75 Å². The molecule has 24 heavy (non-hydrogen) atoms. The number of benzene rings is 1. The number of carbonyl (C=O) groups is 2. The van der Waals surface area contributed by atoms with Gasteiger partial charge in [-0.25, -0.2) is 9.78 Å². The van der Waals surface area contributed by atoms with E-state index < -0.39 is 24.1 Å². The van der Waals surface area contributed by atoms with Gasteiger partial charge < -0.3 is 9.47 Å². The van der Waals surface area contributed by atoms with Crippen LogP contribution in [0.25, 0.3) is 0 Å². The van der Waals surface area contributed by atoms with Gasteiger partial charge in [0.1, 0.15) is 5.75 Å². The third-order valence-electron chi connectivity index (χ3n) is 2.74. The van der Waals surface area contributed by atoms with Gasteiger partial charge in [-0.05, 0) is 54.0 Å². The minimum Gasteiger partial charge on any atom is -0.476 e. The van der Waals surface area contributed by atoms with Gasteiger partial charge in [-0.1, -0.05) is 22.9 Å². The molecule has 1 aromatic carbocycles. The molecule has 0 radical (unpaired) electrons. The highest BCUT2D eigenvalue weighted by atomic mass is 79.9. The lowest BCUT2D eigenvalue weighted by Gasteiger charge is -2.24. The summed E-state index contributed by atoms with van der Waals surface area (Å²) in [5.41, 5.74) is -1.25. The maximum Gasteiger partial charge on any atom is 0.350 e. The van der Waals surface area contributed by atoms with E-state index in [1.807, 2.05) is 0 Å². The van der Waals surface area contributed by atoms with Crippen LogP contribution in [0.2, 0.25) is 5.02 Å². The van der Waals surface area contributed by atoms with Crippen molar-refractivity contribution in [2.45, 2.75) is 19.4 Å². The number of halogens is 2. The number of rotatable bonds is 6. The summed E-state index contributed by atoms with van der Waals surface area (Å²) >= 11 is 10.3. The maximum atomic E-state index is 12.1. The molecule has 0 spiro atoms. The summed E-state index contributed by atoms with van der Waals surface area (Å²) in [5, 5.41) is 3.51. The van der Waals surface area contributed by atoms with Gasteiger partial charge in [-0.15, -0.1) is 0 Å². The van der Waals surface area contributed by atoms with Crippen LogP contribution in [0.3, 0.4) is 0 Å². The number of thiazole rings is 1. The molecule has 2 aromatic rings. The molecule has 0 bridgehead atoms. The predicted octanol–water partition coefficient (Wildman–Crippen LogP) is 3.90. The number of hydrogen-bond acceptors (Lipinski definition) is 6. The lowest BCUT2D eigenvalue weighted by atomic mass is 10.1. The minimum absolute atomic E-state index is 0.416. The quantitative estimate of drug-likeness (QED) is 0.699. The highest BCUT2D eigenvalue weighted by Gasteiger charge is 2.32. The molecular formula is C15H14BrClN2O4S. The first kappa shape index (κ1) is 18.7. The first-order chi connectivity index (χ1) is 11.3. The number of anilines is 1. The Hall–Kier alpha value is -1.64. The van der Waals surface area contributed by atoms with E-state index in [1.165, 1.54) is 11.3 Å². The molecule has 1 aromatic heterocycles. The van der Waals surface area contributed by atoms with Gasteiger partial charge in [-0.3, -0.25) is 10.1 Å². The number of aromatic nitrogens is 1. The van der Waals surface area contributed by atoms with Crippen LogP contribution in [0.1, 0.15) is 13.8 Å². The van der Waals surface area contributed by atoms with Gasteiger partial charge in [0, 0.05) is 5.02 Å². The number of amides is 1. The zero-order valence-electron chi connectivity index (χ0n) is 12.8. The minimum atomic E-state index is -1.25. The van der Waals surface area contributed by atoms with Crippen LogP contribution >= 0.6 is 38.9 Å². The van der Waals surface area contributed by atoms with Crippen molar-refractivity contribution >= 4 is 55.9 Å². The fourth-order valence-electron chi connectivity index (χ4n) is 1.61. The molecule has 0 fully saturated rings. The van der Waals surface area contributed by atoms with Gasteiger partial charge in [0.15, 0.2) is 17.3 Å². The second-order valence-corrected chi connectivity index (χ2v) is 8.01. The lowest BCUT2D eigenvalue weighted by Crippen LogP contribution is -2.41. The molecular weight excluding hydrogens is 420 g/mol. The van der Waals surface area contributed by atoms with Crippen LogP contribution in [0.4, 0.5) is 5.13 Å². The molecule has 1 heterocycles. The standard InChI is InChI=1S/C15H14BrClN2O4S/c1-15(2,23-10-5-3-9(17)4-6-10)13(21)22-8-12(20)19-14-18-7-11(16)24-14/h3-7H,8H2,1-2H3,(H,18,19,20). The van der Waals surface area contributed by atoms with Crippen molar-refractivity contribution in [3.05, 3.63) is 39.3 Å². The highest BCUT2D eigenvalue weighted by molar-refractivity contribution is 9.11. The van der Waals surface area contributed by atoms with Crippen LogP contribution in [0.15, 0.2) is 34.2 Å². The van der Waals surface area contributed by atoms with Crippen molar-refractivity contribution in [2.75, 3.05) is 11.9 Å². The fraction of sp³-hybridized carbons (Fsp3) is 0.267.